The Labute approximate surface area is 124 Å². The van der Waals surface area contributed by atoms with Gasteiger partial charge in [0.05, 0.1) is 0 Å². The van der Waals surface area contributed by atoms with Crippen LogP contribution in [0.2, 0.25) is 0 Å². The lowest BCUT2D eigenvalue weighted by Crippen LogP contribution is -1.99. The van der Waals surface area contributed by atoms with E-state index in [1.165, 1.54) is 33.5 Å². The van der Waals surface area contributed by atoms with Gasteiger partial charge in [-0.25, -0.2) is 0 Å². The third-order valence-corrected chi connectivity index (χ3v) is 4.04. The van der Waals surface area contributed by atoms with Crippen LogP contribution in [0, 0.1) is 0 Å². The van der Waals surface area contributed by atoms with Crippen LogP contribution in [0.15, 0.2) is 67.0 Å². The summed E-state index contributed by atoms with van der Waals surface area (Å²) in [4.78, 5) is 4.04. The van der Waals surface area contributed by atoms with Crippen molar-refractivity contribution in [1.29, 1.82) is 0 Å². The highest BCUT2D eigenvalue weighted by Crippen LogP contribution is 2.37. The van der Waals surface area contributed by atoms with E-state index in [0.717, 1.165) is 13.0 Å². The van der Waals surface area contributed by atoms with E-state index >= 15 is 0 Å². The molecule has 0 bridgehead atoms. The topological polar surface area (TPSA) is 24.9 Å². The standard InChI is InChI=1S/C19H16N2/c1-2-4-18-15(3-1)11-16-12-17(5-6-19(16)18)21-13-14-7-9-20-10-8-14/h1-10,12,21H,11,13H2. The Balaban J connectivity index is 1.56. The first-order valence-electron chi connectivity index (χ1n) is 7.24. The Morgan fingerprint density at radius 3 is 2.57 bits per heavy atom. The largest absolute Gasteiger partial charge is 0.381 e. The highest BCUT2D eigenvalue weighted by molar-refractivity contribution is 5.78. The zero-order valence-corrected chi connectivity index (χ0v) is 11.7. The van der Waals surface area contributed by atoms with E-state index in [-0.39, 0.29) is 0 Å². The van der Waals surface area contributed by atoms with E-state index < -0.39 is 0 Å². The molecule has 0 atom stereocenters. The third-order valence-electron chi connectivity index (χ3n) is 4.04. The van der Waals surface area contributed by atoms with Crippen molar-refractivity contribution < 1.29 is 0 Å². The summed E-state index contributed by atoms with van der Waals surface area (Å²) in [5.74, 6) is 0. The molecule has 2 nitrogen and oxygen atoms in total. The average molecular weight is 272 g/mol. The highest BCUT2D eigenvalue weighted by atomic mass is 14.9. The maximum atomic E-state index is 4.04. The van der Waals surface area contributed by atoms with E-state index in [1.54, 1.807) is 0 Å². The zero-order valence-electron chi connectivity index (χ0n) is 11.7. The molecule has 102 valence electrons. The normalized spacial score (nSPS) is 11.8. The molecule has 2 aromatic carbocycles. The first-order valence-corrected chi connectivity index (χ1v) is 7.24. The minimum Gasteiger partial charge on any atom is -0.381 e. The molecule has 4 rings (SSSR count). The van der Waals surface area contributed by atoms with Gasteiger partial charge in [-0.15, -0.1) is 0 Å². The predicted octanol–water partition coefficient (Wildman–Crippen LogP) is 4.26. The first-order chi connectivity index (χ1) is 10.4. The van der Waals surface area contributed by atoms with Crippen LogP contribution >= 0.6 is 0 Å². The van der Waals surface area contributed by atoms with Gasteiger partial charge in [0.15, 0.2) is 0 Å². The van der Waals surface area contributed by atoms with Crippen molar-refractivity contribution in [3.8, 4) is 11.1 Å². The minimum atomic E-state index is 0.828. The SMILES string of the molecule is c1ccc2c(c1)Cc1cc(NCc3ccncc3)ccc1-2. The van der Waals surface area contributed by atoms with Crippen LogP contribution in [0.25, 0.3) is 11.1 Å². The van der Waals surface area contributed by atoms with Gasteiger partial charge in [-0.3, -0.25) is 4.98 Å². The summed E-state index contributed by atoms with van der Waals surface area (Å²) in [6.45, 7) is 0.828. The van der Waals surface area contributed by atoms with Crippen molar-refractivity contribution in [2.75, 3.05) is 5.32 Å². The van der Waals surface area contributed by atoms with E-state index in [2.05, 4.69) is 52.8 Å². The summed E-state index contributed by atoms with van der Waals surface area (Å²) in [6, 6.07) is 19.4. The molecule has 1 aliphatic carbocycles. The lowest BCUT2D eigenvalue weighted by molar-refractivity contribution is 1.12. The number of nitrogens with one attached hydrogen (secondary N) is 1. The average Bonchev–Trinajstić information content (AvgIpc) is 2.91. The van der Waals surface area contributed by atoms with Gasteiger partial charge in [-0.05, 0) is 58.5 Å². The van der Waals surface area contributed by atoms with Crippen molar-refractivity contribution in [3.05, 3.63) is 83.7 Å². The highest BCUT2D eigenvalue weighted by Gasteiger charge is 2.17. The number of hydrogen-bond donors (Lipinski definition) is 1. The van der Waals surface area contributed by atoms with E-state index in [9.17, 15) is 0 Å². The third kappa shape index (κ3) is 2.29. The fourth-order valence-corrected chi connectivity index (χ4v) is 2.96. The van der Waals surface area contributed by atoms with Gasteiger partial charge in [0, 0.05) is 24.6 Å². The molecule has 2 heteroatoms. The van der Waals surface area contributed by atoms with Crippen LogP contribution in [0.3, 0.4) is 0 Å². The maximum Gasteiger partial charge on any atom is 0.0401 e. The molecule has 0 unspecified atom stereocenters. The number of fused-ring (bicyclic) bond motifs is 3. The molecule has 1 aromatic heterocycles. The summed E-state index contributed by atoms with van der Waals surface area (Å²) in [5.41, 5.74) is 8.02. The maximum absolute atomic E-state index is 4.04. The Morgan fingerprint density at radius 2 is 1.67 bits per heavy atom. The number of pyridine rings is 1. The van der Waals surface area contributed by atoms with E-state index in [1.807, 2.05) is 24.5 Å². The molecule has 0 saturated carbocycles. The predicted molar refractivity (Wildman–Crippen MR) is 86.2 cm³/mol. The summed E-state index contributed by atoms with van der Waals surface area (Å²) in [6.07, 6.45) is 4.70. The number of rotatable bonds is 3. The van der Waals surface area contributed by atoms with Gasteiger partial charge in [0.2, 0.25) is 0 Å². The monoisotopic (exact) mass is 272 g/mol. The van der Waals surface area contributed by atoms with Gasteiger partial charge in [-0.1, -0.05) is 30.3 Å². The van der Waals surface area contributed by atoms with Gasteiger partial charge >= 0.3 is 0 Å². The molecule has 1 aliphatic rings. The van der Waals surface area contributed by atoms with E-state index in [4.69, 9.17) is 0 Å². The zero-order chi connectivity index (χ0) is 14.1. The first kappa shape index (κ1) is 12.2. The van der Waals surface area contributed by atoms with Crippen LogP contribution < -0.4 is 5.32 Å². The summed E-state index contributed by atoms with van der Waals surface area (Å²) in [5, 5.41) is 3.49. The molecule has 21 heavy (non-hydrogen) atoms. The van der Waals surface area contributed by atoms with E-state index in [0.29, 0.717) is 0 Å². The molecular weight excluding hydrogens is 256 g/mol. The Morgan fingerprint density at radius 1 is 0.857 bits per heavy atom. The number of anilines is 1. The Bertz CT molecular complexity index is 779. The fraction of sp³-hybridized carbons (Fsp3) is 0.105. The Kier molecular flexibility index (Phi) is 2.93. The molecule has 1 heterocycles. The lowest BCUT2D eigenvalue weighted by Gasteiger charge is -2.08. The summed E-state index contributed by atoms with van der Waals surface area (Å²) >= 11 is 0. The smallest absolute Gasteiger partial charge is 0.0401 e. The van der Waals surface area contributed by atoms with Crippen LogP contribution in [-0.4, -0.2) is 4.98 Å². The number of nitrogens with zero attached hydrogens (tertiary/aromatic N) is 1. The molecule has 0 fully saturated rings. The van der Waals surface area contributed by atoms with Crippen molar-refractivity contribution in [1.82, 2.24) is 4.98 Å². The van der Waals surface area contributed by atoms with Crippen molar-refractivity contribution in [2.24, 2.45) is 0 Å². The number of hydrogen-bond acceptors (Lipinski definition) is 2. The van der Waals surface area contributed by atoms with Crippen LogP contribution in [-0.2, 0) is 13.0 Å². The van der Waals surface area contributed by atoms with Gasteiger partial charge in [-0.2, -0.15) is 0 Å². The summed E-state index contributed by atoms with van der Waals surface area (Å²) < 4.78 is 0. The van der Waals surface area contributed by atoms with Crippen molar-refractivity contribution in [2.45, 2.75) is 13.0 Å². The number of aromatic nitrogens is 1. The molecule has 0 saturated heterocycles. The fourth-order valence-electron chi connectivity index (χ4n) is 2.96. The molecule has 0 aliphatic heterocycles. The molecular formula is C19H16N2. The second-order valence-electron chi connectivity index (χ2n) is 5.41. The quantitative estimate of drug-likeness (QED) is 0.602. The molecule has 0 amide bonds. The van der Waals surface area contributed by atoms with Crippen molar-refractivity contribution >= 4 is 5.69 Å². The molecule has 0 radical (unpaired) electrons. The summed E-state index contributed by atoms with van der Waals surface area (Å²) in [7, 11) is 0. The molecule has 0 spiro atoms. The van der Waals surface area contributed by atoms with Crippen LogP contribution in [0.5, 0.6) is 0 Å². The van der Waals surface area contributed by atoms with Crippen LogP contribution in [0.1, 0.15) is 16.7 Å². The van der Waals surface area contributed by atoms with Gasteiger partial charge in [0.25, 0.3) is 0 Å². The van der Waals surface area contributed by atoms with Crippen LogP contribution in [0.4, 0.5) is 5.69 Å². The second kappa shape index (κ2) is 5.06. The van der Waals surface area contributed by atoms with Gasteiger partial charge in [0.1, 0.15) is 0 Å². The second-order valence-corrected chi connectivity index (χ2v) is 5.41. The van der Waals surface area contributed by atoms with Gasteiger partial charge < -0.3 is 5.32 Å². The van der Waals surface area contributed by atoms with Crippen molar-refractivity contribution in [3.63, 3.8) is 0 Å². The molecule has 3 aromatic rings. The number of benzene rings is 2. The Hall–Kier alpha value is -2.61. The molecule has 1 N–H and O–H groups in total. The minimum absolute atomic E-state index is 0.828. The lowest BCUT2D eigenvalue weighted by atomic mass is 10.1.